The molecular weight excluding hydrogens is 293 g/mol. The highest BCUT2D eigenvalue weighted by atomic mass is 35.5. The highest BCUT2D eigenvalue weighted by Crippen LogP contribution is 2.33. The monoisotopic (exact) mass is 315 g/mol. The van der Waals surface area contributed by atoms with Gasteiger partial charge in [0.25, 0.3) is 0 Å². The first-order chi connectivity index (χ1) is 9.65. The number of aromatic nitrogens is 1. The normalized spacial score (nSPS) is 17.8. The molecule has 0 aliphatic heterocycles. The van der Waals surface area contributed by atoms with Crippen molar-refractivity contribution < 1.29 is 0 Å². The first-order valence-corrected chi connectivity index (χ1v) is 8.21. The van der Waals surface area contributed by atoms with Crippen LogP contribution in [-0.4, -0.2) is 18.1 Å². The van der Waals surface area contributed by atoms with Gasteiger partial charge in [0.2, 0.25) is 0 Å². The van der Waals surface area contributed by atoms with Gasteiger partial charge >= 0.3 is 0 Å². The summed E-state index contributed by atoms with van der Waals surface area (Å²) in [4.78, 5) is 4.49. The van der Waals surface area contributed by atoms with Crippen molar-refractivity contribution in [3.05, 3.63) is 16.1 Å². The molecule has 1 aliphatic rings. The Morgan fingerprint density at radius 2 is 1.85 bits per heavy atom. The Morgan fingerprint density at radius 1 is 1.20 bits per heavy atom. The Balaban J connectivity index is 2.14. The minimum absolute atomic E-state index is 0.436. The molecular formula is C15H23Cl2N3. The molecule has 112 valence electrons. The molecule has 1 unspecified atom stereocenters. The lowest BCUT2D eigenvalue weighted by molar-refractivity contribution is 0.312. The topological polar surface area (TPSA) is 37.0 Å². The van der Waals surface area contributed by atoms with Gasteiger partial charge in [0, 0.05) is 13.1 Å². The Bertz CT molecular complexity index is 445. The van der Waals surface area contributed by atoms with Crippen LogP contribution < -0.4 is 10.6 Å². The van der Waals surface area contributed by atoms with E-state index in [1.807, 2.05) is 7.05 Å². The molecule has 1 aliphatic carbocycles. The standard InChI is InChI=1S/C15H23Cl2N3/c1-3-13(10-7-5-4-6-8-10)19-15-12(17)9-11(16)14(18-2)20-15/h9-10,13H,3-8H2,1-2H3,(H2,18,19,20). The molecule has 20 heavy (non-hydrogen) atoms. The van der Waals surface area contributed by atoms with Crippen molar-refractivity contribution in [1.29, 1.82) is 0 Å². The van der Waals surface area contributed by atoms with Crippen LogP contribution in [0.4, 0.5) is 11.6 Å². The van der Waals surface area contributed by atoms with E-state index in [9.17, 15) is 0 Å². The number of nitrogens with zero attached hydrogens (tertiary/aromatic N) is 1. The molecule has 0 amide bonds. The molecule has 3 nitrogen and oxygen atoms in total. The van der Waals surface area contributed by atoms with Crippen LogP contribution >= 0.6 is 23.2 Å². The molecule has 1 aromatic rings. The zero-order chi connectivity index (χ0) is 14.5. The highest BCUT2D eigenvalue weighted by Gasteiger charge is 2.23. The van der Waals surface area contributed by atoms with E-state index in [1.165, 1.54) is 32.1 Å². The van der Waals surface area contributed by atoms with Gasteiger partial charge in [0.1, 0.15) is 11.6 Å². The summed E-state index contributed by atoms with van der Waals surface area (Å²) in [6, 6.07) is 2.18. The average Bonchev–Trinajstić information content (AvgIpc) is 2.47. The first kappa shape index (κ1) is 15.7. The van der Waals surface area contributed by atoms with Crippen LogP contribution in [0.5, 0.6) is 0 Å². The lowest BCUT2D eigenvalue weighted by Crippen LogP contribution is -2.30. The Morgan fingerprint density at radius 3 is 2.45 bits per heavy atom. The van der Waals surface area contributed by atoms with Crippen LogP contribution in [0.15, 0.2) is 6.07 Å². The first-order valence-electron chi connectivity index (χ1n) is 7.46. The van der Waals surface area contributed by atoms with Gasteiger partial charge in [-0.1, -0.05) is 49.4 Å². The van der Waals surface area contributed by atoms with Crippen molar-refractivity contribution in [2.75, 3.05) is 17.7 Å². The van der Waals surface area contributed by atoms with Gasteiger partial charge < -0.3 is 10.6 Å². The molecule has 0 aromatic carbocycles. The maximum Gasteiger partial charge on any atom is 0.147 e. The fraction of sp³-hybridized carbons (Fsp3) is 0.667. The third kappa shape index (κ3) is 3.70. The molecule has 0 bridgehead atoms. The van der Waals surface area contributed by atoms with Crippen molar-refractivity contribution in [2.24, 2.45) is 5.92 Å². The Kier molecular flexibility index (Phi) is 5.79. The van der Waals surface area contributed by atoms with E-state index >= 15 is 0 Å². The van der Waals surface area contributed by atoms with Gasteiger partial charge in [-0.3, -0.25) is 0 Å². The number of nitrogens with one attached hydrogen (secondary N) is 2. The van der Waals surface area contributed by atoms with Crippen LogP contribution in [0.25, 0.3) is 0 Å². The molecule has 1 saturated carbocycles. The van der Waals surface area contributed by atoms with Crippen molar-refractivity contribution >= 4 is 34.8 Å². The summed E-state index contributed by atoms with van der Waals surface area (Å²) < 4.78 is 0. The quantitative estimate of drug-likeness (QED) is 0.784. The van der Waals surface area contributed by atoms with Crippen molar-refractivity contribution in [3.8, 4) is 0 Å². The fourth-order valence-electron chi connectivity index (χ4n) is 3.01. The van der Waals surface area contributed by atoms with Crippen LogP contribution in [0.3, 0.4) is 0 Å². The Hall–Kier alpha value is -0.670. The number of hydrogen-bond donors (Lipinski definition) is 2. The molecule has 1 heterocycles. The van der Waals surface area contributed by atoms with Crippen LogP contribution in [-0.2, 0) is 0 Å². The molecule has 1 aromatic heterocycles. The molecule has 0 radical (unpaired) electrons. The second-order valence-electron chi connectivity index (χ2n) is 5.46. The third-order valence-electron chi connectivity index (χ3n) is 4.15. The van der Waals surface area contributed by atoms with Crippen molar-refractivity contribution in [2.45, 2.75) is 51.5 Å². The van der Waals surface area contributed by atoms with E-state index in [4.69, 9.17) is 23.2 Å². The van der Waals surface area contributed by atoms with E-state index in [-0.39, 0.29) is 0 Å². The summed E-state index contributed by atoms with van der Waals surface area (Å²) in [6.45, 7) is 2.22. The van der Waals surface area contributed by atoms with Crippen molar-refractivity contribution in [1.82, 2.24) is 4.98 Å². The highest BCUT2D eigenvalue weighted by molar-refractivity contribution is 6.37. The van der Waals surface area contributed by atoms with Crippen molar-refractivity contribution in [3.63, 3.8) is 0 Å². The second-order valence-corrected chi connectivity index (χ2v) is 6.27. The van der Waals surface area contributed by atoms with E-state index in [0.29, 0.717) is 21.9 Å². The molecule has 2 N–H and O–H groups in total. The molecule has 1 atom stereocenters. The summed E-state index contributed by atoms with van der Waals surface area (Å²) in [5.74, 6) is 2.12. The second kappa shape index (κ2) is 7.37. The van der Waals surface area contributed by atoms with Crippen LogP contribution in [0.1, 0.15) is 45.4 Å². The van der Waals surface area contributed by atoms with Gasteiger partial charge in [-0.2, -0.15) is 0 Å². The Labute approximate surface area is 131 Å². The molecule has 2 rings (SSSR count). The summed E-state index contributed by atoms with van der Waals surface area (Å²) in [6.07, 6.45) is 7.74. The van der Waals surface area contributed by atoms with E-state index in [0.717, 1.165) is 18.2 Å². The zero-order valence-corrected chi connectivity index (χ0v) is 13.7. The largest absolute Gasteiger partial charge is 0.372 e. The maximum absolute atomic E-state index is 6.26. The number of hydrogen-bond acceptors (Lipinski definition) is 3. The maximum atomic E-state index is 6.26. The van der Waals surface area contributed by atoms with Crippen LogP contribution in [0.2, 0.25) is 10.0 Å². The van der Waals surface area contributed by atoms with E-state index < -0.39 is 0 Å². The summed E-state index contributed by atoms with van der Waals surface area (Å²) in [5.41, 5.74) is 0. The molecule has 1 fully saturated rings. The fourth-order valence-corrected chi connectivity index (χ4v) is 3.52. The van der Waals surface area contributed by atoms with Gasteiger partial charge in [-0.15, -0.1) is 0 Å². The lowest BCUT2D eigenvalue weighted by Gasteiger charge is -2.31. The van der Waals surface area contributed by atoms with E-state index in [1.54, 1.807) is 6.07 Å². The van der Waals surface area contributed by atoms with E-state index in [2.05, 4.69) is 22.5 Å². The number of anilines is 2. The predicted octanol–water partition coefficient (Wildman–Crippen LogP) is 5.20. The SMILES string of the molecule is CCC(Nc1nc(NC)c(Cl)cc1Cl)C1CCCCC1. The number of rotatable bonds is 5. The average molecular weight is 316 g/mol. The number of halogens is 2. The van der Waals surface area contributed by atoms with Crippen LogP contribution in [0, 0.1) is 5.92 Å². The lowest BCUT2D eigenvalue weighted by atomic mass is 9.83. The summed E-state index contributed by atoms with van der Waals surface area (Å²) in [7, 11) is 1.81. The minimum Gasteiger partial charge on any atom is -0.372 e. The predicted molar refractivity (Wildman–Crippen MR) is 88.1 cm³/mol. The molecule has 5 heteroatoms. The third-order valence-corrected chi connectivity index (χ3v) is 4.72. The summed E-state index contributed by atoms with van der Waals surface area (Å²) in [5, 5.41) is 7.66. The summed E-state index contributed by atoms with van der Waals surface area (Å²) >= 11 is 12.3. The minimum atomic E-state index is 0.436. The smallest absolute Gasteiger partial charge is 0.147 e. The van der Waals surface area contributed by atoms with Gasteiger partial charge in [-0.05, 0) is 31.2 Å². The van der Waals surface area contributed by atoms with Gasteiger partial charge in [-0.25, -0.2) is 4.98 Å². The van der Waals surface area contributed by atoms with Gasteiger partial charge in [0.15, 0.2) is 0 Å². The number of pyridine rings is 1. The zero-order valence-electron chi connectivity index (χ0n) is 12.2. The van der Waals surface area contributed by atoms with Gasteiger partial charge in [0.05, 0.1) is 10.0 Å². The molecule has 0 spiro atoms. The molecule has 0 saturated heterocycles.